The Balaban J connectivity index is 1.35. The van der Waals surface area contributed by atoms with Gasteiger partial charge in [0.25, 0.3) is 0 Å². The Morgan fingerprint density at radius 1 is 0.933 bits per heavy atom. The van der Waals surface area contributed by atoms with Gasteiger partial charge < -0.3 is 32.8 Å². The fraction of sp³-hybridized carbons (Fsp3) is 0.290. The largest absolute Gasteiger partial charge is 0.493 e. The number of methoxy groups -OCH3 is 5. The first kappa shape index (κ1) is 31.7. The first-order valence-electron chi connectivity index (χ1n) is 13.7. The van der Waals surface area contributed by atoms with Crippen LogP contribution in [0.1, 0.15) is 17.1 Å². The van der Waals surface area contributed by atoms with Crippen LogP contribution >= 0.6 is 23.1 Å². The van der Waals surface area contributed by atoms with Gasteiger partial charge in [-0.25, -0.2) is 0 Å². The van der Waals surface area contributed by atoms with Gasteiger partial charge in [-0.2, -0.15) is 9.78 Å². The lowest BCUT2D eigenvalue weighted by atomic mass is 10.1. The molecule has 0 fully saturated rings. The van der Waals surface area contributed by atoms with Crippen LogP contribution in [-0.2, 0) is 0 Å². The van der Waals surface area contributed by atoms with Crippen LogP contribution in [0.15, 0.2) is 61.2 Å². The standard InChI is InChI=1S/C31H32N4O8S2/c1-18-33-34-31(35(18)32-17-20-9-7-11-44-20)45-12-8-10-42-29-26(39-4)16-23-27(30(29)41-6)21(36)15-22(43-23)19-13-24(37-2)28(40-5)25(14-19)38-3/h7,9,11,13-17H,8,10,12H2,1-6H3. The van der Waals surface area contributed by atoms with Gasteiger partial charge in [0.15, 0.2) is 34.3 Å². The minimum Gasteiger partial charge on any atom is -0.493 e. The number of aromatic nitrogens is 3. The topological polar surface area (TPSA) is 129 Å². The van der Waals surface area contributed by atoms with E-state index in [0.29, 0.717) is 69.8 Å². The van der Waals surface area contributed by atoms with Crippen LogP contribution < -0.4 is 33.8 Å². The maximum atomic E-state index is 13.5. The molecule has 0 saturated heterocycles. The smallest absolute Gasteiger partial charge is 0.212 e. The first-order chi connectivity index (χ1) is 21.9. The number of ether oxygens (including phenoxy) is 6. The van der Waals surface area contributed by atoms with E-state index >= 15 is 0 Å². The summed E-state index contributed by atoms with van der Waals surface area (Å²) in [6.07, 6.45) is 2.45. The van der Waals surface area contributed by atoms with E-state index < -0.39 is 0 Å². The highest BCUT2D eigenvalue weighted by Crippen LogP contribution is 2.45. The van der Waals surface area contributed by atoms with Crippen molar-refractivity contribution in [1.82, 2.24) is 14.9 Å². The van der Waals surface area contributed by atoms with Crippen molar-refractivity contribution in [2.24, 2.45) is 5.10 Å². The highest BCUT2D eigenvalue weighted by molar-refractivity contribution is 7.99. The van der Waals surface area contributed by atoms with Crippen LogP contribution in [0, 0.1) is 6.92 Å². The third kappa shape index (κ3) is 6.71. The van der Waals surface area contributed by atoms with Crippen LogP contribution in [0.25, 0.3) is 22.3 Å². The van der Waals surface area contributed by atoms with E-state index in [-0.39, 0.29) is 22.1 Å². The number of aryl methyl sites for hydroxylation is 1. The Morgan fingerprint density at radius 2 is 1.64 bits per heavy atom. The monoisotopic (exact) mass is 652 g/mol. The summed E-state index contributed by atoms with van der Waals surface area (Å²) in [5.41, 5.74) is 0.501. The van der Waals surface area contributed by atoms with Crippen molar-refractivity contribution in [2.45, 2.75) is 18.5 Å². The predicted octanol–water partition coefficient (Wildman–Crippen LogP) is 5.91. The van der Waals surface area contributed by atoms with Crippen molar-refractivity contribution in [3.05, 3.63) is 62.7 Å². The van der Waals surface area contributed by atoms with E-state index in [9.17, 15) is 4.79 Å². The van der Waals surface area contributed by atoms with Gasteiger partial charge in [-0.3, -0.25) is 4.79 Å². The maximum absolute atomic E-state index is 13.5. The van der Waals surface area contributed by atoms with Crippen LogP contribution in [0.2, 0.25) is 0 Å². The van der Waals surface area contributed by atoms with E-state index in [0.717, 1.165) is 4.88 Å². The molecule has 0 aliphatic rings. The predicted molar refractivity (Wildman–Crippen MR) is 174 cm³/mol. The second-order valence-corrected chi connectivity index (χ2v) is 11.4. The molecule has 2 aromatic carbocycles. The van der Waals surface area contributed by atoms with E-state index in [1.807, 2.05) is 24.4 Å². The molecule has 45 heavy (non-hydrogen) atoms. The average molecular weight is 653 g/mol. The maximum Gasteiger partial charge on any atom is 0.212 e. The number of thiophene rings is 1. The Labute approximate surface area is 267 Å². The molecular weight excluding hydrogens is 620 g/mol. The fourth-order valence-electron chi connectivity index (χ4n) is 4.53. The van der Waals surface area contributed by atoms with Crippen LogP contribution in [0.3, 0.4) is 0 Å². The van der Waals surface area contributed by atoms with Crippen molar-refractivity contribution in [2.75, 3.05) is 47.9 Å². The zero-order valence-corrected chi connectivity index (χ0v) is 27.2. The summed E-state index contributed by atoms with van der Waals surface area (Å²) in [4.78, 5) is 14.5. The van der Waals surface area contributed by atoms with Crippen molar-refractivity contribution in [3.8, 4) is 45.8 Å². The van der Waals surface area contributed by atoms with Gasteiger partial charge in [0.05, 0.1) is 48.4 Å². The molecule has 3 aromatic heterocycles. The Morgan fingerprint density at radius 3 is 2.29 bits per heavy atom. The average Bonchev–Trinajstić information content (AvgIpc) is 3.71. The molecule has 236 valence electrons. The number of fused-ring (bicyclic) bond motifs is 1. The minimum absolute atomic E-state index is 0.223. The van der Waals surface area contributed by atoms with Gasteiger partial charge >= 0.3 is 0 Å². The molecule has 0 saturated carbocycles. The Hall–Kier alpha value is -4.69. The molecule has 0 amide bonds. The second-order valence-electron chi connectivity index (χ2n) is 9.36. The molecule has 5 aromatic rings. The normalized spacial score (nSPS) is 11.2. The first-order valence-corrected chi connectivity index (χ1v) is 15.6. The Kier molecular flexibility index (Phi) is 10.1. The molecule has 5 rings (SSSR count). The van der Waals surface area contributed by atoms with Gasteiger partial charge in [-0.1, -0.05) is 17.8 Å². The third-order valence-corrected chi connectivity index (χ3v) is 8.46. The molecule has 14 heteroatoms. The number of thioether (sulfide) groups is 1. The van der Waals surface area contributed by atoms with Crippen molar-refractivity contribution < 1.29 is 32.8 Å². The van der Waals surface area contributed by atoms with Crippen LogP contribution in [-0.4, -0.2) is 69.0 Å². The summed E-state index contributed by atoms with van der Waals surface area (Å²) in [5.74, 6) is 3.84. The molecular formula is C31H32N4O8S2. The molecule has 0 aliphatic carbocycles. The summed E-state index contributed by atoms with van der Waals surface area (Å²) in [7, 11) is 7.53. The van der Waals surface area contributed by atoms with Crippen molar-refractivity contribution in [3.63, 3.8) is 0 Å². The number of hydrogen-bond donors (Lipinski definition) is 0. The van der Waals surface area contributed by atoms with Crippen molar-refractivity contribution >= 4 is 40.3 Å². The highest BCUT2D eigenvalue weighted by atomic mass is 32.2. The summed E-state index contributed by atoms with van der Waals surface area (Å²) in [5, 5.41) is 15.8. The van der Waals surface area contributed by atoms with Crippen LogP contribution in [0.4, 0.5) is 0 Å². The third-order valence-electron chi connectivity index (χ3n) is 6.65. The van der Waals surface area contributed by atoms with Crippen molar-refractivity contribution in [1.29, 1.82) is 0 Å². The number of benzene rings is 2. The van der Waals surface area contributed by atoms with Gasteiger partial charge in [-0.15, -0.1) is 21.5 Å². The molecule has 0 N–H and O–H groups in total. The molecule has 0 atom stereocenters. The van der Waals surface area contributed by atoms with Gasteiger partial charge in [-0.05, 0) is 36.9 Å². The second kappa shape index (κ2) is 14.4. The zero-order valence-electron chi connectivity index (χ0n) is 25.6. The lowest BCUT2D eigenvalue weighted by molar-refractivity contribution is 0.277. The summed E-state index contributed by atoms with van der Waals surface area (Å²) in [6.45, 7) is 2.18. The lowest BCUT2D eigenvalue weighted by Gasteiger charge is -2.17. The molecule has 3 heterocycles. The SMILES string of the molecule is COc1cc(-c2cc(=O)c3c(OC)c(OCCCSc4nnc(C)n4N=Cc4cccs4)c(OC)cc3o2)cc(OC)c1OC. The lowest BCUT2D eigenvalue weighted by Crippen LogP contribution is -2.07. The quantitative estimate of drug-likeness (QED) is 0.0807. The zero-order chi connectivity index (χ0) is 31.9. The summed E-state index contributed by atoms with van der Waals surface area (Å²) in [6, 6.07) is 10.4. The minimum atomic E-state index is -0.322. The van der Waals surface area contributed by atoms with Crippen LogP contribution in [0.5, 0.6) is 34.5 Å². The highest BCUT2D eigenvalue weighted by Gasteiger charge is 2.23. The molecule has 0 bridgehead atoms. The number of nitrogens with zero attached hydrogens (tertiary/aromatic N) is 4. The van der Waals surface area contributed by atoms with E-state index in [4.69, 9.17) is 32.8 Å². The van der Waals surface area contributed by atoms with Gasteiger partial charge in [0.1, 0.15) is 16.7 Å². The Bertz CT molecular complexity index is 1840. The summed E-state index contributed by atoms with van der Waals surface area (Å²) < 4.78 is 41.7. The molecule has 12 nitrogen and oxygen atoms in total. The van der Waals surface area contributed by atoms with E-state index in [2.05, 4.69) is 15.3 Å². The van der Waals surface area contributed by atoms with Gasteiger partial charge in [0, 0.05) is 28.3 Å². The van der Waals surface area contributed by atoms with Gasteiger partial charge in [0.2, 0.25) is 16.7 Å². The van der Waals surface area contributed by atoms with E-state index in [1.165, 1.54) is 53.4 Å². The van der Waals surface area contributed by atoms with E-state index in [1.54, 1.807) is 40.4 Å². The summed E-state index contributed by atoms with van der Waals surface area (Å²) >= 11 is 3.12. The molecule has 0 unspecified atom stereocenters. The molecule has 0 spiro atoms. The number of rotatable bonds is 14. The number of hydrogen-bond acceptors (Lipinski definition) is 13. The fourth-order valence-corrected chi connectivity index (χ4v) is 5.96. The molecule has 0 aliphatic heterocycles. The molecule has 0 radical (unpaired) electrons.